The van der Waals surface area contributed by atoms with Crippen molar-refractivity contribution in [3.63, 3.8) is 0 Å². The third-order valence-corrected chi connectivity index (χ3v) is 5.09. The number of aliphatic imine (C=N–C) groups is 1. The second-order valence-corrected chi connectivity index (χ2v) is 6.31. The summed E-state index contributed by atoms with van der Waals surface area (Å²) < 4.78 is 0. The number of nitrogens with one attached hydrogen (secondary N) is 2. The summed E-state index contributed by atoms with van der Waals surface area (Å²) in [6, 6.07) is 0.389. The number of carbonyl (C=O) groups excluding carboxylic acids is 1. The van der Waals surface area contributed by atoms with Crippen molar-refractivity contribution >= 4 is 22.7 Å². The zero-order valence-corrected chi connectivity index (χ0v) is 11.9. The number of rotatable bonds is 4. The summed E-state index contributed by atoms with van der Waals surface area (Å²) in [7, 11) is 0. The van der Waals surface area contributed by atoms with Crippen LogP contribution >= 0.6 is 11.8 Å². The molecule has 0 aromatic carbocycles. The first-order valence-electron chi connectivity index (χ1n) is 6.97. The lowest BCUT2D eigenvalue weighted by Crippen LogP contribution is -2.27. The molecule has 0 radical (unpaired) electrons. The van der Waals surface area contributed by atoms with E-state index in [1.54, 1.807) is 11.8 Å². The molecule has 1 aliphatic carbocycles. The van der Waals surface area contributed by atoms with Crippen molar-refractivity contribution in [2.45, 2.75) is 37.0 Å². The number of carbonyl (C=O) groups is 1. The van der Waals surface area contributed by atoms with Crippen LogP contribution in [0.2, 0.25) is 0 Å². The van der Waals surface area contributed by atoms with E-state index in [1.165, 1.54) is 25.5 Å². The van der Waals surface area contributed by atoms with Gasteiger partial charge in [-0.2, -0.15) is 5.10 Å². The fourth-order valence-electron chi connectivity index (χ4n) is 2.70. The Kier molecular flexibility index (Phi) is 4.07. The number of hydrogen-bond donors (Lipinski definition) is 3. The molecule has 1 fully saturated rings. The fraction of sp³-hybridized carbons (Fsp3) is 0.615. The van der Waals surface area contributed by atoms with E-state index in [2.05, 4.69) is 15.5 Å². The summed E-state index contributed by atoms with van der Waals surface area (Å²) in [5.41, 5.74) is 1.21. The predicted octanol–water partition coefficient (Wildman–Crippen LogP) is 0.936. The monoisotopic (exact) mass is 294 g/mol. The lowest BCUT2D eigenvalue weighted by molar-refractivity contribution is 0.0944. The van der Waals surface area contributed by atoms with Crippen molar-refractivity contribution in [3.05, 3.63) is 17.5 Å². The first-order valence-corrected chi connectivity index (χ1v) is 7.85. The topological polar surface area (TPSA) is 90.4 Å². The number of aromatic nitrogens is 2. The van der Waals surface area contributed by atoms with Gasteiger partial charge in [0, 0.05) is 11.8 Å². The minimum Gasteiger partial charge on any atom is -0.395 e. The minimum absolute atomic E-state index is 0.0707. The van der Waals surface area contributed by atoms with E-state index in [4.69, 9.17) is 10.1 Å². The summed E-state index contributed by atoms with van der Waals surface area (Å²) in [6.07, 6.45) is 6.37. The largest absolute Gasteiger partial charge is 0.395 e. The minimum atomic E-state index is -0.221. The van der Waals surface area contributed by atoms with Crippen LogP contribution in [0.5, 0.6) is 0 Å². The standard InChI is InChI=1S/C13H18N4O2S/c18-6-5-14-12(19)8-7-15-17-11(8)13-16-9-3-1-2-4-10(9)20-13/h7,9-10,18H,1-6H2,(H,14,19)(H,15,17). The molecule has 2 unspecified atom stereocenters. The molecule has 20 heavy (non-hydrogen) atoms. The van der Waals surface area contributed by atoms with Crippen molar-refractivity contribution in [1.82, 2.24) is 15.5 Å². The summed E-state index contributed by atoms with van der Waals surface area (Å²) in [5.74, 6) is -0.221. The van der Waals surface area contributed by atoms with Gasteiger partial charge in [0.1, 0.15) is 10.7 Å². The normalized spacial score (nSPS) is 25.1. The van der Waals surface area contributed by atoms with Gasteiger partial charge in [0.05, 0.1) is 24.4 Å². The SMILES string of the molecule is O=C(NCCO)c1cn[nH]c1C1=NC2CCCCC2S1. The Labute approximate surface area is 121 Å². The smallest absolute Gasteiger partial charge is 0.255 e. The van der Waals surface area contributed by atoms with Crippen LogP contribution in [0.4, 0.5) is 0 Å². The van der Waals surface area contributed by atoms with E-state index in [1.807, 2.05) is 0 Å². The van der Waals surface area contributed by atoms with Gasteiger partial charge in [-0.1, -0.05) is 24.6 Å². The summed E-state index contributed by atoms with van der Waals surface area (Å²) in [4.78, 5) is 16.8. The first-order chi connectivity index (χ1) is 9.79. The molecular weight excluding hydrogens is 276 g/mol. The highest BCUT2D eigenvalue weighted by Crippen LogP contribution is 2.39. The predicted molar refractivity (Wildman–Crippen MR) is 78.2 cm³/mol. The molecule has 6 nitrogen and oxygen atoms in total. The quantitative estimate of drug-likeness (QED) is 0.770. The maximum absolute atomic E-state index is 12.0. The van der Waals surface area contributed by atoms with E-state index < -0.39 is 0 Å². The Bertz CT molecular complexity index is 528. The van der Waals surface area contributed by atoms with Gasteiger partial charge in [0.2, 0.25) is 0 Å². The Hall–Kier alpha value is -1.34. The second kappa shape index (κ2) is 5.97. The molecule has 7 heteroatoms. The Balaban J connectivity index is 1.78. The second-order valence-electron chi connectivity index (χ2n) is 5.08. The highest BCUT2D eigenvalue weighted by molar-refractivity contribution is 8.15. The number of amides is 1. The van der Waals surface area contributed by atoms with Gasteiger partial charge in [0.25, 0.3) is 5.91 Å². The molecule has 1 aromatic heterocycles. The summed E-state index contributed by atoms with van der Waals surface area (Å²) in [6.45, 7) is 0.174. The Morgan fingerprint density at radius 3 is 3.15 bits per heavy atom. The van der Waals surface area contributed by atoms with Gasteiger partial charge in [0.15, 0.2) is 0 Å². The van der Waals surface area contributed by atoms with Gasteiger partial charge < -0.3 is 10.4 Å². The molecule has 108 valence electrons. The molecule has 2 aliphatic rings. The molecule has 2 atom stereocenters. The molecule has 1 aliphatic heterocycles. The number of H-pyrrole nitrogens is 1. The summed E-state index contributed by atoms with van der Waals surface area (Å²) in [5, 5.41) is 19.7. The maximum atomic E-state index is 12.0. The van der Waals surface area contributed by atoms with Crippen molar-refractivity contribution in [3.8, 4) is 0 Å². The van der Waals surface area contributed by atoms with Crippen LogP contribution in [-0.4, -0.2) is 50.7 Å². The molecular formula is C13H18N4O2S. The van der Waals surface area contributed by atoms with Crippen molar-refractivity contribution in [1.29, 1.82) is 0 Å². The van der Waals surface area contributed by atoms with Crippen molar-refractivity contribution in [2.75, 3.05) is 13.2 Å². The molecule has 0 saturated heterocycles. The zero-order valence-electron chi connectivity index (χ0n) is 11.1. The van der Waals surface area contributed by atoms with E-state index in [0.717, 1.165) is 11.5 Å². The van der Waals surface area contributed by atoms with Crippen molar-refractivity contribution in [2.24, 2.45) is 4.99 Å². The molecule has 0 bridgehead atoms. The lowest BCUT2D eigenvalue weighted by Gasteiger charge is -2.21. The van der Waals surface area contributed by atoms with E-state index in [0.29, 0.717) is 22.5 Å². The average molecular weight is 294 g/mol. The van der Waals surface area contributed by atoms with Crippen LogP contribution in [0.1, 0.15) is 41.7 Å². The Morgan fingerprint density at radius 2 is 2.35 bits per heavy atom. The fourth-order valence-corrected chi connectivity index (χ4v) is 4.09. The molecule has 2 heterocycles. The van der Waals surface area contributed by atoms with Crippen LogP contribution in [0.3, 0.4) is 0 Å². The number of aromatic amines is 1. The van der Waals surface area contributed by atoms with Crippen LogP contribution in [0, 0.1) is 0 Å². The number of aliphatic hydroxyl groups is 1. The number of hydrogen-bond acceptors (Lipinski definition) is 5. The van der Waals surface area contributed by atoms with Crippen LogP contribution in [0.25, 0.3) is 0 Å². The van der Waals surface area contributed by atoms with E-state index in [9.17, 15) is 4.79 Å². The number of nitrogens with zero attached hydrogens (tertiary/aromatic N) is 2. The first kappa shape index (κ1) is 13.6. The lowest BCUT2D eigenvalue weighted by atomic mass is 9.95. The van der Waals surface area contributed by atoms with Gasteiger partial charge in [-0.3, -0.25) is 14.9 Å². The van der Waals surface area contributed by atoms with Gasteiger partial charge >= 0.3 is 0 Å². The van der Waals surface area contributed by atoms with Crippen LogP contribution in [0.15, 0.2) is 11.2 Å². The van der Waals surface area contributed by atoms with Crippen LogP contribution in [-0.2, 0) is 0 Å². The van der Waals surface area contributed by atoms with Gasteiger partial charge in [-0.25, -0.2) is 0 Å². The molecule has 3 N–H and O–H groups in total. The maximum Gasteiger partial charge on any atom is 0.255 e. The van der Waals surface area contributed by atoms with E-state index in [-0.39, 0.29) is 19.1 Å². The van der Waals surface area contributed by atoms with Crippen LogP contribution < -0.4 is 5.32 Å². The molecule has 0 spiro atoms. The molecule has 3 rings (SSSR count). The highest BCUT2D eigenvalue weighted by Gasteiger charge is 2.34. The van der Waals surface area contributed by atoms with E-state index >= 15 is 0 Å². The third-order valence-electron chi connectivity index (χ3n) is 3.71. The van der Waals surface area contributed by atoms with Gasteiger partial charge in [-0.05, 0) is 12.8 Å². The highest BCUT2D eigenvalue weighted by atomic mass is 32.2. The number of thioether (sulfide) groups is 1. The third kappa shape index (κ3) is 2.60. The van der Waals surface area contributed by atoms with Crippen molar-refractivity contribution < 1.29 is 9.90 Å². The Morgan fingerprint density at radius 1 is 1.50 bits per heavy atom. The molecule has 1 aromatic rings. The van der Waals surface area contributed by atoms with Gasteiger partial charge in [-0.15, -0.1) is 0 Å². The zero-order chi connectivity index (χ0) is 13.9. The molecule has 1 amide bonds. The number of aliphatic hydroxyl groups excluding tert-OH is 1. The average Bonchev–Trinajstić information content (AvgIpc) is 3.09. The molecule has 1 saturated carbocycles. The summed E-state index contributed by atoms with van der Waals surface area (Å²) >= 11 is 1.76. The number of fused-ring (bicyclic) bond motifs is 1.